The summed E-state index contributed by atoms with van der Waals surface area (Å²) in [6, 6.07) is 17.0. The van der Waals surface area contributed by atoms with E-state index in [4.69, 9.17) is 22.1 Å². The molecule has 0 atom stereocenters. The fourth-order valence-corrected chi connectivity index (χ4v) is 5.53. The topological polar surface area (TPSA) is 50.8 Å². The maximum atomic E-state index is 9.14. The van der Waals surface area contributed by atoms with Gasteiger partial charge >= 0.3 is 0 Å². The lowest BCUT2D eigenvalue weighted by molar-refractivity contribution is 0.628. The van der Waals surface area contributed by atoms with E-state index in [-0.39, 0.29) is 11.0 Å². The van der Waals surface area contributed by atoms with Crippen LogP contribution in [0.2, 0.25) is 0 Å². The normalized spacial score (nSPS) is 19.3. The molecule has 0 spiro atoms. The first-order valence-electron chi connectivity index (χ1n) is 12.0. The summed E-state index contributed by atoms with van der Waals surface area (Å²) in [5.74, 6) is 0. The second kappa shape index (κ2) is 9.92. The van der Waals surface area contributed by atoms with Crippen molar-refractivity contribution in [2.75, 3.05) is 11.4 Å². The molecule has 4 heteroatoms. The van der Waals surface area contributed by atoms with E-state index in [0.29, 0.717) is 5.03 Å². The SMILES string of the molecule is CCCCN1/C(=C/C=C2\CCCC(C=C(C#N)C#N)=C2Cl)C(C)(C)c2c1ccc1ccccc21. The smallest absolute Gasteiger partial charge is 0.129 e. The van der Waals surface area contributed by atoms with E-state index in [9.17, 15) is 0 Å². The van der Waals surface area contributed by atoms with E-state index in [0.717, 1.165) is 49.8 Å². The van der Waals surface area contributed by atoms with Gasteiger partial charge in [0.1, 0.15) is 17.7 Å². The summed E-state index contributed by atoms with van der Waals surface area (Å²) in [5, 5.41) is 21.5. The van der Waals surface area contributed by atoms with Crippen LogP contribution in [0, 0.1) is 22.7 Å². The van der Waals surface area contributed by atoms with Crippen LogP contribution in [0.1, 0.15) is 58.4 Å². The predicted octanol–water partition coefficient (Wildman–Crippen LogP) is 8.20. The van der Waals surface area contributed by atoms with Crippen molar-refractivity contribution in [2.45, 2.75) is 58.3 Å². The first-order chi connectivity index (χ1) is 16.4. The van der Waals surface area contributed by atoms with Crippen LogP contribution in [0.4, 0.5) is 5.69 Å². The molecule has 3 nitrogen and oxygen atoms in total. The van der Waals surface area contributed by atoms with Crippen LogP contribution >= 0.6 is 11.6 Å². The van der Waals surface area contributed by atoms with E-state index >= 15 is 0 Å². The zero-order chi connectivity index (χ0) is 24.3. The van der Waals surface area contributed by atoms with Crippen molar-refractivity contribution in [3.63, 3.8) is 0 Å². The molecule has 0 saturated carbocycles. The number of fused-ring (bicyclic) bond motifs is 3. The quantitative estimate of drug-likeness (QED) is 0.416. The van der Waals surface area contributed by atoms with Gasteiger partial charge in [-0.2, -0.15) is 10.5 Å². The number of hydrogen-bond acceptors (Lipinski definition) is 3. The van der Waals surface area contributed by atoms with E-state index in [2.05, 4.69) is 74.2 Å². The summed E-state index contributed by atoms with van der Waals surface area (Å²) in [6.07, 6.45) is 10.9. The van der Waals surface area contributed by atoms with Gasteiger partial charge in [-0.1, -0.05) is 75.2 Å². The molecule has 1 aliphatic carbocycles. The van der Waals surface area contributed by atoms with Gasteiger partial charge in [-0.3, -0.25) is 0 Å². The van der Waals surface area contributed by atoms with Crippen LogP contribution in [0.5, 0.6) is 0 Å². The van der Waals surface area contributed by atoms with Crippen molar-refractivity contribution in [3.05, 3.63) is 87.6 Å². The van der Waals surface area contributed by atoms with E-state index < -0.39 is 0 Å². The maximum Gasteiger partial charge on any atom is 0.129 e. The van der Waals surface area contributed by atoms with E-state index in [1.807, 2.05) is 12.1 Å². The van der Waals surface area contributed by atoms with Crippen molar-refractivity contribution >= 4 is 28.1 Å². The molecule has 0 saturated heterocycles. The van der Waals surface area contributed by atoms with Crippen LogP contribution in [0.15, 0.2) is 82.1 Å². The Labute approximate surface area is 207 Å². The molecule has 0 bridgehead atoms. The molecular formula is C30H30ClN3. The maximum absolute atomic E-state index is 9.14. The Morgan fingerprint density at radius 1 is 1.09 bits per heavy atom. The Bertz CT molecular complexity index is 1310. The average molecular weight is 468 g/mol. The fourth-order valence-electron chi connectivity index (χ4n) is 5.22. The zero-order valence-electron chi connectivity index (χ0n) is 20.2. The zero-order valence-corrected chi connectivity index (χ0v) is 20.9. The molecule has 0 amide bonds. The monoisotopic (exact) mass is 467 g/mol. The summed E-state index contributed by atoms with van der Waals surface area (Å²) in [6.45, 7) is 7.83. The molecule has 0 fully saturated rings. The van der Waals surface area contributed by atoms with Gasteiger partial charge in [0.15, 0.2) is 0 Å². The number of benzene rings is 2. The third-order valence-corrected chi connectivity index (χ3v) is 7.43. The summed E-state index contributed by atoms with van der Waals surface area (Å²) in [5.41, 5.74) is 5.84. The Hall–Kier alpha value is -3.27. The molecule has 2 aromatic rings. The van der Waals surface area contributed by atoms with Crippen molar-refractivity contribution in [3.8, 4) is 12.1 Å². The molecule has 34 heavy (non-hydrogen) atoms. The standard InChI is InChI=1S/C30H30ClN3/c1-4-5-17-34-26-15-13-22-9-6-7-12-25(22)28(26)30(2,3)27(34)16-14-23-10-8-11-24(29(23)31)18-21(19-32)20-33/h6-7,9,12-16,18H,4-5,8,10-11,17H2,1-3H3/b23-14+,27-16+. The Morgan fingerprint density at radius 3 is 2.59 bits per heavy atom. The van der Waals surface area contributed by atoms with Crippen LogP contribution in [-0.2, 0) is 5.41 Å². The summed E-state index contributed by atoms with van der Waals surface area (Å²) in [4.78, 5) is 2.48. The number of halogens is 1. The molecular weight excluding hydrogens is 438 g/mol. The molecule has 2 aliphatic rings. The average Bonchev–Trinajstić information content (AvgIpc) is 3.07. The molecule has 4 rings (SSSR count). The van der Waals surface area contributed by atoms with E-state index in [1.54, 1.807) is 6.08 Å². The third kappa shape index (κ3) is 4.29. The molecule has 172 valence electrons. The first kappa shape index (κ1) is 23.9. The van der Waals surface area contributed by atoms with Gasteiger partial charge in [0.2, 0.25) is 0 Å². The predicted molar refractivity (Wildman–Crippen MR) is 141 cm³/mol. The van der Waals surface area contributed by atoms with Gasteiger partial charge in [0.05, 0.1) is 0 Å². The second-order valence-electron chi connectivity index (χ2n) is 9.53. The highest BCUT2D eigenvalue weighted by atomic mass is 35.5. The van der Waals surface area contributed by atoms with Crippen molar-refractivity contribution < 1.29 is 0 Å². The Balaban J connectivity index is 1.82. The van der Waals surface area contributed by atoms with Gasteiger partial charge < -0.3 is 4.90 Å². The largest absolute Gasteiger partial charge is 0.344 e. The minimum absolute atomic E-state index is 0.0951. The Morgan fingerprint density at radius 2 is 1.85 bits per heavy atom. The lowest BCUT2D eigenvalue weighted by Gasteiger charge is -2.27. The highest BCUT2D eigenvalue weighted by Crippen LogP contribution is 2.51. The first-order valence-corrected chi connectivity index (χ1v) is 12.4. The van der Waals surface area contributed by atoms with Crippen LogP contribution < -0.4 is 4.90 Å². The molecule has 1 heterocycles. The van der Waals surface area contributed by atoms with Crippen molar-refractivity contribution in [1.29, 1.82) is 10.5 Å². The molecule has 1 aliphatic heterocycles. The lowest BCUT2D eigenvalue weighted by atomic mass is 9.81. The summed E-state index contributed by atoms with van der Waals surface area (Å²) < 4.78 is 0. The molecule has 0 radical (unpaired) electrons. The van der Waals surface area contributed by atoms with E-state index in [1.165, 1.54) is 27.7 Å². The molecule has 0 N–H and O–H groups in total. The van der Waals surface area contributed by atoms with Crippen LogP contribution in [0.3, 0.4) is 0 Å². The Kier molecular flexibility index (Phi) is 6.97. The minimum atomic E-state index is -0.149. The molecule has 0 unspecified atom stereocenters. The molecule has 0 aromatic heterocycles. The summed E-state index contributed by atoms with van der Waals surface area (Å²) in [7, 11) is 0. The number of hydrogen-bond donors (Lipinski definition) is 0. The minimum Gasteiger partial charge on any atom is -0.344 e. The van der Waals surface area contributed by atoms with Crippen molar-refractivity contribution in [1.82, 2.24) is 0 Å². The van der Waals surface area contributed by atoms with Crippen LogP contribution in [0.25, 0.3) is 10.8 Å². The highest BCUT2D eigenvalue weighted by molar-refractivity contribution is 6.32. The number of unbranched alkanes of at least 4 members (excludes halogenated alkanes) is 1. The number of rotatable bonds is 5. The summed E-state index contributed by atoms with van der Waals surface area (Å²) >= 11 is 6.76. The number of anilines is 1. The van der Waals surface area contributed by atoms with Crippen molar-refractivity contribution in [2.24, 2.45) is 0 Å². The van der Waals surface area contributed by atoms with Gasteiger partial charge in [-0.25, -0.2) is 0 Å². The number of allylic oxidation sites excluding steroid dienone is 8. The fraction of sp³-hybridized carbons (Fsp3) is 0.333. The van der Waals surface area contributed by atoms with Gasteiger partial charge in [0, 0.05) is 28.4 Å². The highest BCUT2D eigenvalue weighted by Gasteiger charge is 2.40. The van der Waals surface area contributed by atoms with Gasteiger partial charge in [-0.05, 0) is 71.4 Å². The van der Waals surface area contributed by atoms with Gasteiger partial charge in [-0.15, -0.1) is 0 Å². The third-order valence-electron chi connectivity index (χ3n) is 6.95. The lowest BCUT2D eigenvalue weighted by Crippen LogP contribution is -2.27. The second-order valence-corrected chi connectivity index (χ2v) is 9.91. The number of nitriles is 2. The van der Waals surface area contributed by atoms with Gasteiger partial charge in [0.25, 0.3) is 0 Å². The molecule has 2 aromatic carbocycles. The van der Waals surface area contributed by atoms with Crippen LogP contribution in [-0.4, -0.2) is 6.54 Å². The number of nitrogens with zero attached hydrogens (tertiary/aromatic N) is 3.